The van der Waals surface area contributed by atoms with Crippen LogP contribution in [0.25, 0.3) is 5.57 Å². The van der Waals surface area contributed by atoms with Crippen LogP contribution in [0.4, 0.5) is 0 Å². The Kier molecular flexibility index (Phi) is 2.46. The number of carbonyl (C=O) groups is 2. The van der Waals surface area contributed by atoms with Crippen LogP contribution < -0.4 is 0 Å². The van der Waals surface area contributed by atoms with Crippen molar-refractivity contribution >= 4 is 28.8 Å². The molecule has 3 nitrogen and oxygen atoms in total. The van der Waals surface area contributed by atoms with Gasteiger partial charge in [-0.15, -0.1) is 11.3 Å². The van der Waals surface area contributed by atoms with Crippen LogP contribution in [0, 0.1) is 20.8 Å². The fourth-order valence-corrected chi connectivity index (χ4v) is 2.99. The van der Waals surface area contributed by atoms with Crippen molar-refractivity contribution in [2.45, 2.75) is 27.7 Å². The van der Waals surface area contributed by atoms with Crippen LogP contribution in [0.5, 0.6) is 0 Å². The zero-order chi connectivity index (χ0) is 12.0. The van der Waals surface area contributed by atoms with Gasteiger partial charge in [0.2, 0.25) is 0 Å². The van der Waals surface area contributed by atoms with Crippen molar-refractivity contribution in [2.75, 3.05) is 0 Å². The van der Waals surface area contributed by atoms with Crippen molar-refractivity contribution in [3.05, 3.63) is 26.5 Å². The van der Waals surface area contributed by atoms with Gasteiger partial charge >= 0.3 is 11.9 Å². The fourth-order valence-electron chi connectivity index (χ4n) is 1.92. The van der Waals surface area contributed by atoms with Gasteiger partial charge in [-0.05, 0) is 33.3 Å². The van der Waals surface area contributed by atoms with Gasteiger partial charge in [-0.1, -0.05) is 0 Å². The Morgan fingerprint density at radius 2 is 1.56 bits per heavy atom. The molecule has 0 amide bonds. The van der Waals surface area contributed by atoms with E-state index in [4.69, 9.17) is 0 Å². The third kappa shape index (κ3) is 1.41. The first kappa shape index (κ1) is 11.1. The smallest absolute Gasteiger partial charge is 0.347 e. The first-order valence-electron chi connectivity index (χ1n) is 4.97. The molecule has 16 heavy (non-hydrogen) atoms. The average Bonchev–Trinajstić information content (AvgIpc) is 2.57. The van der Waals surface area contributed by atoms with Crippen LogP contribution in [0.1, 0.15) is 27.8 Å². The van der Waals surface area contributed by atoms with Crippen molar-refractivity contribution in [1.82, 2.24) is 0 Å². The zero-order valence-electron chi connectivity index (χ0n) is 9.63. The summed E-state index contributed by atoms with van der Waals surface area (Å²) in [6.45, 7) is 7.56. The summed E-state index contributed by atoms with van der Waals surface area (Å²) >= 11 is 1.63. The molecule has 0 N–H and O–H groups in total. The molecule has 0 saturated carbocycles. The van der Waals surface area contributed by atoms with Gasteiger partial charge < -0.3 is 4.74 Å². The molecule has 0 atom stereocenters. The van der Waals surface area contributed by atoms with E-state index in [2.05, 4.69) is 4.74 Å². The first-order chi connectivity index (χ1) is 7.43. The predicted octanol–water partition coefficient (Wildman–Crippen LogP) is 2.53. The molecule has 84 valence electrons. The molecule has 1 aliphatic rings. The molecule has 2 rings (SSSR count). The largest absolute Gasteiger partial charge is 0.386 e. The Balaban J connectivity index is 2.70. The maximum Gasteiger partial charge on any atom is 0.347 e. The minimum atomic E-state index is -0.525. The highest BCUT2D eigenvalue weighted by Crippen LogP contribution is 2.36. The second kappa shape index (κ2) is 3.56. The maximum absolute atomic E-state index is 11.6. The van der Waals surface area contributed by atoms with Crippen molar-refractivity contribution in [1.29, 1.82) is 0 Å². The Hall–Kier alpha value is -1.42. The second-order valence-electron chi connectivity index (χ2n) is 3.89. The summed E-state index contributed by atoms with van der Waals surface area (Å²) in [6, 6.07) is 0. The minimum absolute atomic E-state index is 0.411. The summed E-state index contributed by atoms with van der Waals surface area (Å²) in [7, 11) is 0. The van der Waals surface area contributed by atoms with E-state index in [0.29, 0.717) is 11.1 Å². The molecule has 0 spiro atoms. The number of esters is 2. The van der Waals surface area contributed by atoms with E-state index in [1.54, 1.807) is 18.3 Å². The van der Waals surface area contributed by atoms with Gasteiger partial charge in [0.15, 0.2) is 0 Å². The van der Waals surface area contributed by atoms with Crippen molar-refractivity contribution in [2.24, 2.45) is 0 Å². The van der Waals surface area contributed by atoms with Gasteiger partial charge in [-0.3, -0.25) is 0 Å². The number of hydrogen-bond donors (Lipinski definition) is 0. The van der Waals surface area contributed by atoms with Gasteiger partial charge in [0.05, 0.1) is 5.57 Å². The lowest BCUT2D eigenvalue weighted by Gasteiger charge is -2.01. The van der Waals surface area contributed by atoms with Gasteiger partial charge in [-0.25, -0.2) is 9.59 Å². The molecule has 0 bridgehead atoms. The normalized spacial score (nSPS) is 16.0. The Bertz CT molecular complexity index is 535. The number of hydrogen-bond acceptors (Lipinski definition) is 4. The fraction of sp³-hybridized carbons (Fsp3) is 0.333. The number of carbonyl (C=O) groups excluding carboxylic acids is 2. The van der Waals surface area contributed by atoms with Crippen LogP contribution >= 0.6 is 11.3 Å². The van der Waals surface area contributed by atoms with Crippen molar-refractivity contribution in [3.8, 4) is 0 Å². The molecular weight excluding hydrogens is 224 g/mol. The van der Waals surface area contributed by atoms with E-state index >= 15 is 0 Å². The van der Waals surface area contributed by atoms with Gasteiger partial charge in [0, 0.05) is 20.9 Å². The third-order valence-electron chi connectivity index (χ3n) is 2.88. The van der Waals surface area contributed by atoms with Crippen LogP contribution in [-0.2, 0) is 14.3 Å². The molecular formula is C12H12O3S. The summed E-state index contributed by atoms with van der Waals surface area (Å²) in [5.41, 5.74) is 2.78. The van der Waals surface area contributed by atoms with E-state index in [0.717, 1.165) is 16.0 Å². The van der Waals surface area contributed by atoms with Crippen LogP contribution in [-0.4, -0.2) is 11.9 Å². The summed E-state index contributed by atoms with van der Waals surface area (Å²) in [4.78, 5) is 25.1. The maximum atomic E-state index is 11.6. The molecule has 0 unspecified atom stereocenters. The van der Waals surface area contributed by atoms with Gasteiger partial charge in [0.25, 0.3) is 0 Å². The summed E-state index contributed by atoms with van der Waals surface area (Å²) in [5, 5.41) is 0. The lowest BCUT2D eigenvalue weighted by atomic mass is 9.99. The van der Waals surface area contributed by atoms with E-state index in [1.165, 1.54) is 4.88 Å². The Labute approximate surface area is 97.7 Å². The van der Waals surface area contributed by atoms with E-state index < -0.39 is 11.9 Å². The van der Waals surface area contributed by atoms with Crippen LogP contribution in [0.15, 0.2) is 5.57 Å². The molecule has 2 heterocycles. The van der Waals surface area contributed by atoms with Crippen LogP contribution in [0.2, 0.25) is 0 Å². The SMILES string of the molecule is CC1=C(c2c(C)sc(C)c2C)C(=O)OC1=O. The minimum Gasteiger partial charge on any atom is -0.386 e. The standard InChI is InChI=1S/C12H12O3S/c1-5-7(3)16-8(4)9(5)10-6(2)11(13)15-12(10)14/h1-4H3. The summed E-state index contributed by atoms with van der Waals surface area (Å²) in [5.74, 6) is -1.05. The van der Waals surface area contributed by atoms with E-state index in [-0.39, 0.29) is 0 Å². The molecule has 0 saturated heterocycles. The van der Waals surface area contributed by atoms with E-state index in [1.807, 2.05) is 20.8 Å². The lowest BCUT2D eigenvalue weighted by molar-refractivity contribution is -0.150. The molecule has 0 aliphatic carbocycles. The average molecular weight is 236 g/mol. The topological polar surface area (TPSA) is 43.4 Å². The highest BCUT2D eigenvalue weighted by Gasteiger charge is 2.33. The Morgan fingerprint density at radius 1 is 0.938 bits per heavy atom. The second-order valence-corrected chi connectivity index (χ2v) is 5.32. The lowest BCUT2D eigenvalue weighted by Crippen LogP contribution is -2.02. The first-order valence-corrected chi connectivity index (χ1v) is 5.79. The molecule has 1 aromatic heterocycles. The molecule has 0 radical (unpaired) electrons. The zero-order valence-corrected chi connectivity index (χ0v) is 10.4. The highest BCUT2D eigenvalue weighted by atomic mass is 32.1. The predicted molar refractivity (Wildman–Crippen MR) is 62.2 cm³/mol. The number of thiophene rings is 1. The number of cyclic esters (lactones) is 2. The van der Waals surface area contributed by atoms with Crippen LogP contribution in [0.3, 0.4) is 0 Å². The molecule has 1 aliphatic heterocycles. The van der Waals surface area contributed by atoms with Gasteiger partial charge in [0.1, 0.15) is 0 Å². The van der Waals surface area contributed by atoms with Crippen molar-refractivity contribution in [3.63, 3.8) is 0 Å². The summed E-state index contributed by atoms with van der Waals surface area (Å²) < 4.78 is 4.61. The number of rotatable bonds is 1. The van der Waals surface area contributed by atoms with E-state index in [9.17, 15) is 9.59 Å². The number of aryl methyl sites for hydroxylation is 2. The summed E-state index contributed by atoms with van der Waals surface area (Å²) in [6.07, 6.45) is 0. The molecule has 0 aromatic carbocycles. The quantitative estimate of drug-likeness (QED) is 0.556. The number of ether oxygens (including phenoxy) is 1. The molecule has 0 fully saturated rings. The molecule has 1 aromatic rings. The van der Waals surface area contributed by atoms with Gasteiger partial charge in [-0.2, -0.15) is 0 Å². The van der Waals surface area contributed by atoms with Crippen molar-refractivity contribution < 1.29 is 14.3 Å². The Morgan fingerprint density at radius 3 is 1.94 bits per heavy atom. The molecule has 4 heteroatoms. The highest BCUT2D eigenvalue weighted by molar-refractivity contribution is 7.12. The monoisotopic (exact) mass is 236 g/mol. The third-order valence-corrected chi connectivity index (χ3v) is 4.00.